The number of anilines is 1. The molecule has 1 aromatic rings. The standard InChI is InChI=1S/C12H20N4S/c1-4-9(8-17-3)16(2)10-5-6-15-11(7-10)12(13)14/h5-7,9H,4,8H2,1-3H3,(H3,13,14). The number of pyridine rings is 1. The summed E-state index contributed by atoms with van der Waals surface area (Å²) in [4.78, 5) is 6.30. The first-order chi connectivity index (χ1) is 8.10. The van der Waals surface area contributed by atoms with Crippen molar-refractivity contribution in [3.8, 4) is 0 Å². The maximum atomic E-state index is 7.40. The highest BCUT2D eigenvalue weighted by Crippen LogP contribution is 2.19. The monoisotopic (exact) mass is 252 g/mol. The van der Waals surface area contributed by atoms with E-state index < -0.39 is 0 Å². The van der Waals surface area contributed by atoms with Crippen LogP contribution in [0.3, 0.4) is 0 Å². The fourth-order valence-corrected chi connectivity index (χ4v) is 2.54. The third kappa shape index (κ3) is 3.63. The number of nitrogen functional groups attached to an aromatic ring is 1. The second-order valence-corrected chi connectivity index (χ2v) is 4.85. The Morgan fingerprint density at radius 1 is 1.65 bits per heavy atom. The van der Waals surface area contributed by atoms with Crippen LogP contribution >= 0.6 is 11.8 Å². The first-order valence-electron chi connectivity index (χ1n) is 5.62. The Kier molecular flexibility index (Phi) is 5.28. The normalized spacial score (nSPS) is 12.2. The third-order valence-electron chi connectivity index (χ3n) is 2.80. The second kappa shape index (κ2) is 6.49. The molecular weight excluding hydrogens is 232 g/mol. The van der Waals surface area contributed by atoms with Crippen molar-refractivity contribution in [2.45, 2.75) is 19.4 Å². The summed E-state index contributed by atoms with van der Waals surface area (Å²) in [7, 11) is 2.07. The van der Waals surface area contributed by atoms with Crippen molar-refractivity contribution in [3.05, 3.63) is 24.0 Å². The number of aromatic nitrogens is 1. The lowest BCUT2D eigenvalue weighted by Gasteiger charge is -2.29. The first-order valence-corrected chi connectivity index (χ1v) is 7.01. The summed E-state index contributed by atoms with van der Waals surface area (Å²) in [6.07, 6.45) is 4.91. The minimum atomic E-state index is 0.0122. The largest absolute Gasteiger partial charge is 0.382 e. The van der Waals surface area contributed by atoms with E-state index in [2.05, 4.69) is 30.1 Å². The fraction of sp³-hybridized carbons (Fsp3) is 0.500. The van der Waals surface area contributed by atoms with Gasteiger partial charge in [-0.1, -0.05) is 6.92 Å². The average molecular weight is 252 g/mol. The van der Waals surface area contributed by atoms with Gasteiger partial charge in [-0.3, -0.25) is 10.4 Å². The van der Waals surface area contributed by atoms with E-state index in [4.69, 9.17) is 11.1 Å². The zero-order chi connectivity index (χ0) is 12.8. The zero-order valence-electron chi connectivity index (χ0n) is 10.6. The van der Waals surface area contributed by atoms with Crippen molar-refractivity contribution in [2.24, 2.45) is 5.73 Å². The molecule has 1 aromatic heterocycles. The SMILES string of the molecule is CCC(CSC)N(C)c1ccnc(C(=N)N)c1. The molecule has 1 atom stereocenters. The number of hydrogen-bond acceptors (Lipinski definition) is 4. The van der Waals surface area contributed by atoms with Gasteiger partial charge in [0.05, 0.1) is 0 Å². The molecule has 0 amide bonds. The second-order valence-electron chi connectivity index (χ2n) is 3.94. The van der Waals surface area contributed by atoms with Gasteiger partial charge in [-0.15, -0.1) is 0 Å². The van der Waals surface area contributed by atoms with Crippen LogP contribution in [0.4, 0.5) is 5.69 Å². The van der Waals surface area contributed by atoms with Crippen molar-refractivity contribution in [3.63, 3.8) is 0 Å². The van der Waals surface area contributed by atoms with E-state index in [1.54, 1.807) is 6.20 Å². The molecule has 3 N–H and O–H groups in total. The summed E-state index contributed by atoms with van der Waals surface area (Å²) in [6, 6.07) is 4.31. The number of nitrogens with one attached hydrogen (secondary N) is 1. The Balaban J connectivity index is 2.90. The number of thioether (sulfide) groups is 1. The maximum Gasteiger partial charge on any atom is 0.141 e. The summed E-state index contributed by atoms with van der Waals surface area (Å²) >= 11 is 1.84. The van der Waals surface area contributed by atoms with Gasteiger partial charge in [0.15, 0.2) is 0 Å². The zero-order valence-corrected chi connectivity index (χ0v) is 11.4. The Hall–Kier alpha value is -1.23. The molecule has 1 heterocycles. The molecule has 0 radical (unpaired) electrons. The molecule has 0 fully saturated rings. The average Bonchev–Trinajstić information content (AvgIpc) is 2.35. The molecule has 0 saturated carbocycles. The Morgan fingerprint density at radius 2 is 2.35 bits per heavy atom. The quantitative estimate of drug-likeness (QED) is 0.600. The highest BCUT2D eigenvalue weighted by Gasteiger charge is 2.13. The van der Waals surface area contributed by atoms with Crippen LogP contribution in [0.2, 0.25) is 0 Å². The van der Waals surface area contributed by atoms with Crippen molar-refractivity contribution in [1.82, 2.24) is 4.98 Å². The number of nitrogens with two attached hydrogens (primary N) is 1. The van der Waals surface area contributed by atoms with Gasteiger partial charge < -0.3 is 10.6 Å². The van der Waals surface area contributed by atoms with E-state index in [0.29, 0.717) is 11.7 Å². The fourth-order valence-electron chi connectivity index (χ4n) is 1.69. The summed E-state index contributed by atoms with van der Waals surface area (Å²) < 4.78 is 0. The van der Waals surface area contributed by atoms with Crippen LogP contribution in [0.1, 0.15) is 19.0 Å². The molecule has 4 nitrogen and oxygen atoms in total. The van der Waals surface area contributed by atoms with E-state index in [1.165, 1.54) is 0 Å². The van der Waals surface area contributed by atoms with E-state index in [1.807, 2.05) is 23.9 Å². The number of hydrogen-bond donors (Lipinski definition) is 2. The molecule has 0 aliphatic rings. The highest BCUT2D eigenvalue weighted by atomic mass is 32.2. The third-order valence-corrected chi connectivity index (χ3v) is 3.52. The van der Waals surface area contributed by atoms with Crippen LogP contribution < -0.4 is 10.6 Å². The number of rotatable bonds is 6. The van der Waals surface area contributed by atoms with Crippen molar-refractivity contribution in [1.29, 1.82) is 5.41 Å². The van der Waals surface area contributed by atoms with E-state index in [-0.39, 0.29) is 5.84 Å². The first kappa shape index (κ1) is 13.8. The summed E-state index contributed by atoms with van der Waals surface area (Å²) in [5, 5.41) is 7.40. The Bertz CT molecular complexity index is 381. The van der Waals surface area contributed by atoms with Gasteiger partial charge in [0.25, 0.3) is 0 Å². The molecule has 0 aliphatic heterocycles. The summed E-state index contributed by atoms with van der Waals surface area (Å²) in [5.41, 5.74) is 7.04. The number of nitrogens with zero attached hydrogens (tertiary/aromatic N) is 2. The van der Waals surface area contributed by atoms with Crippen LogP contribution in [0, 0.1) is 5.41 Å². The molecule has 0 saturated heterocycles. The lowest BCUT2D eigenvalue weighted by atomic mass is 10.2. The predicted octanol–water partition coefficient (Wildman–Crippen LogP) is 1.94. The van der Waals surface area contributed by atoms with Crippen molar-refractivity contribution < 1.29 is 0 Å². The molecule has 0 spiro atoms. The highest BCUT2D eigenvalue weighted by molar-refractivity contribution is 7.98. The van der Waals surface area contributed by atoms with Gasteiger partial charge in [0.2, 0.25) is 0 Å². The van der Waals surface area contributed by atoms with Crippen LogP contribution in [-0.4, -0.2) is 35.9 Å². The van der Waals surface area contributed by atoms with Crippen LogP contribution in [0.15, 0.2) is 18.3 Å². The lowest BCUT2D eigenvalue weighted by Crippen LogP contribution is -2.33. The molecule has 0 bridgehead atoms. The topological polar surface area (TPSA) is 66.0 Å². The Labute approximate surface area is 107 Å². The van der Waals surface area contributed by atoms with Gasteiger partial charge >= 0.3 is 0 Å². The van der Waals surface area contributed by atoms with Crippen LogP contribution in [-0.2, 0) is 0 Å². The smallest absolute Gasteiger partial charge is 0.141 e. The summed E-state index contributed by atoms with van der Waals surface area (Å²) in [6.45, 7) is 2.18. The number of amidine groups is 1. The minimum Gasteiger partial charge on any atom is -0.382 e. The Morgan fingerprint density at radius 3 is 2.88 bits per heavy atom. The van der Waals surface area contributed by atoms with Gasteiger partial charge in [0, 0.05) is 30.7 Å². The molecular formula is C12H20N4S. The van der Waals surface area contributed by atoms with E-state index in [0.717, 1.165) is 17.9 Å². The molecule has 17 heavy (non-hydrogen) atoms. The predicted molar refractivity (Wildman–Crippen MR) is 76.1 cm³/mol. The lowest BCUT2D eigenvalue weighted by molar-refractivity contribution is 0.673. The van der Waals surface area contributed by atoms with Crippen LogP contribution in [0.25, 0.3) is 0 Å². The van der Waals surface area contributed by atoms with E-state index in [9.17, 15) is 0 Å². The van der Waals surface area contributed by atoms with Gasteiger partial charge in [-0.2, -0.15) is 11.8 Å². The molecule has 0 aliphatic carbocycles. The molecule has 1 rings (SSSR count). The molecule has 0 aromatic carbocycles. The van der Waals surface area contributed by atoms with Gasteiger partial charge in [-0.05, 0) is 24.8 Å². The van der Waals surface area contributed by atoms with Crippen LogP contribution in [0.5, 0.6) is 0 Å². The van der Waals surface area contributed by atoms with Crippen molar-refractivity contribution in [2.75, 3.05) is 24.0 Å². The van der Waals surface area contributed by atoms with Crippen molar-refractivity contribution >= 4 is 23.3 Å². The van der Waals surface area contributed by atoms with Gasteiger partial charge in [0.1, 0.15) is 11.5 Å². The molecule has 1 unspecified atom stereocenters. The maximum absolute atomic E-state index is 7.40. The minimum absolute atomic E-state index is 0.0122. The molecule has 5 heteroatoms. The van der Waals surface area contributed by atoms with E-state index >= 15 is 0 Å². The molecule has 94 valence electrons. The van der Waals surface area contributed by atoms with Gasteiger partial charge in [-0.25, -0.2) is 0 Å². The summed E-state index contributed by atoms with van der Waals surface area (Å²) in [5.74, 6) is 1.10.